The van der Waals surface area contributed by atoms with Gasteiger partial charge in [0.05, 0.1) is 6.20 Å². The standard InChI is InChI=1S/C28H26FN3O2/c29-24-13-5-4-11-21(24)18-22-12-8-14-25(31-22)28(33)32-16-7-6-15-26(32)27-30-19-23(34-27)17-20-9-2-1-3-10-20/h1-5,8-14,19,26H,6-7,15-18H2/t26-/m1/s1. The van der Waals surface area contributed by atoms with Gasteiger partial charge in [-0.25, -0.2) is 14.4 Å². The minimum absolute atomic E-state index is 0.150. The largest absolute Gasteiger partial charge is 0.443 e. The van der Waals surface area contributed by atoms with E-state index in [0.29, 0.717) is 42.2 Å². The van der Waals surface area contributed by atoms with Gasteiger partial charge in [-0.2, -0.15) is 0 Å². The summed E-state index contributed by atoms with van der Waals surface area (Å²) < 4.78 is 20.2. The molecule has 2 aromatic heterocycles. The number of piperidine rings is 1. The number of hydrogen-bond acceptors (Lipinski definition) is 4. The number of amides is 1. The van der Waals surface area contributed by atoms with Gasteiger partial charge in [0.25, 0.3) is 5.91 Å². The Balaban J connectivity index is 1.34. The lowest BCUT2D eigenvalue weighted by atomic mass is 10.0. The summed E-state index contributed by atoms with van der Waals surface area (Å²) in [5.74, 6) is 0.931. The molecule has 1 amide bonds. The van der Waals surface area contributed by atoms with Crippen molar-refractivity contribution in [1.29, 1.82) is 0 Å². The summed E-state index contributed by atoms with van der Waals surface area (Å²) in [5, 5.41) is 0. The first kappa shape index (κ1) is 22.0. The Morgan fingerprint density at radius 1 is 0.971 bits per heavy atom. The molecular formula is C28H26FN3O2. The molecule has 0 N–H and O–H groups in total. The lowest BCUT2D eigenvalue weighted by Crippen LogP contribution is -2.39. The van der Waals surface area contributed by atoms with Crippen LogP contribution in [0.2, 0.25) is 0 Å². The normalized spacial score (nSPS) is 15.9. The fourth-order valence-corrected chi connectivity index (χ4v) is 4.47. The van der Waals surface area contributed by atoms with E-state index in [9.17, 15) is 9.18 Å². The topological polar surface area (TPSA) is 59.2 Å². The number of carbonyl (C=O) groups is 1. The van der Waals surface area contributed by atoms with Gasteiger partial charge < -0.3 is 9.32 Å². The number of pyridine rings is 1. The van der Waals surface area contributed by atoms with Gasteiger partial charge in [-0.05, 0) is 48.6 Å². The Kier molecular flexibility index (Phi) is 6.47. The maximum Gasteiger partial charge on any atom is 0.273 e. The van der Waals surface area contributed by atoms with Crippen LogP contribution < -0.4 is 0 Å². The summed E-state index contributed by atoms with van der Waals surface area (Å²) in [5.41, 5.74) is 2.72. The number of carbonyl (C=O) groups excluding carboxylic acids is 1. The molecule has 3 heterocycles. The molecule has 6 heteroatoms. The molecule has 0 saturated carbocycles. The highest BCUT2D eigenvalue weighted by Crippen LogP contribution is 2.32. The monoisotopic (exact) mass is 455 g/mol. The van der Waals surface area contributed by atoms with E-state index in [2.05, 4.69) is 22.1 Å². The van der Waals surface area contributed by atoms with Crippen LogP contribution in [0.15, 0.2) is 83.4 Å². The third-order valence-electron chi connectivity index (χ3n) is 6.20. The Hall–Kier alpha value is -3.80. The van der Waals surface area contributed by atoms with Gasteiger partial charge in [-0.1, -0.05) is 54.6 Å². The molecule has 172 valence electrons. The summed E-state index contributed by atoms with van der Waals surface area (Å²) in [7, 11) is 0. The number of likely N-dealkylation sites (tertiary alicyclic amines) is 1. The van der Waals surface area contributed by atoms with Crippen LogP contribution in [0, 0.1) is 5.82 Å². The quantitative estimate of drug-likeness (QED) is 0.371. The van der Waals surface area contributed by atoms with Crippen LogP contribution in [-0.4, -0.2) is 27.3 Å². The highest BCUT2D eigenvalue weighted by atomic mass is 19.1. The first-order chi connectivity index (χ1) is 16.7. The van der Waals surface area contributed by atoms with Crippen LogP contribution in [0.5, 0.6) is 0 Å². The second-order valence-electron chi connectivity index (χ2n) is 8.62. The van der Waals surface area contributed by atoms with E-state index < -0.39 is 0 Å². The van der Waals surface area contributed by atoms with Crippen molar-refractivity contribution >= 4 is 5.91 Å². The van der Waals surface area contributed by atoms with Crippen LogP contribution >= 0.6 is 0 Å². The highest BCUT2D eigenvalue weighted by Gasteiger charge is 2.32. The molecule has 1 aliphatic rings. The summed E-state index contributed by atoms with van der Waals surface area (Å²) in [6.07, 6.45) is 5.48. The van der Waals surface area contributed by atoms with Gasteiger partial charge in [0.2, 0.25) is 5.89 Å². The molecule has 0 spiro atoms. The molecule has 1 saturated heterocycles. The summed E-state index contributed by atoms with van der Waals surface area (Å²) in [6.45, 7) is 0.624. The van der Waals surface area contributed by atoms with Gasteiger partial charge in [0.15, 0.2) is 0 Å². The van der Waals surface area contributed by atoms with E-state index >= 15 is 0 Å². The summed E-state index contributed by atoms with van der Waals surface area (Å²) in [6, 6.07) is 21.9. The summed E-state index contributed by atoms with van der Waals surface area (Å²) >= 11 is 0. The Morgan fingerprint density at radius 2 is 1.79 bits per heavy atom. The van der Waals surface area contributed by atoms with Crippen molar-refractivity contribution in [2.24, 2.45) is 0 Å². The third kappa shape index (κ3) is 4.91. The molecule has 0 unspecified atom stereocenters. The number of rotatable bonds is 6. The predicted octanol–water partition coefficient (Wildman–Crippen LogP) is 5.76. The van der Waals surface area contributed by atoms with E-state index in [1.807, 2.05) is 29.2 Å². The maximum absolute atomic E-state index is 14.1. The van der Waals surface area contributed by atoms with E-state index in [0.717, 1.165) is 30.6 Å². The zero-order chi connectivity index (χ0) is 23.3. The lowest BCUT2D eigenvalue weighted by Gasteiger charge is -2.33. The molecule has 1 fully saturated rings. The fourth-order valence-electron chi connectivity index (χ4n) is 4.47. The molecule has 0 aliphatic carbocycles. The first-order valence-corrected chi connectivity index (χ1v) is 11.7. The Morgan fingerprint density at radius 3 is 2.65 bits per heavy atom. The number of aromatic nitrogens is 2. The van der Waals surface area contributed by atoms with Gasteiger partial charge >= 0.3 is 0 Å². The molecule has 5 rings (SSSR count). The minimum atomic E-state index is -0.271. The zero-order valence-corrected chi connectivity index (χ0v) is 18.9. The van der Waals surface area contributed by atoms with Crippen LogP contribution in [0.25, 0.3) is 0 Å². The molecule has 1 atom stereocenters. The van der Waals surface area contributed by atoms with Gasteiger partial charge in [-0.15, -0.1) is 0 Å². The van der Waals surface area contributed by atoms with E-state index in [1.54, 1.807) is 36.5 Å². The number of halogens is 1. The third-order valence-corrected chi connectivity index (χ3v) is 6.20. The molecule has 1 aliphatic heterocycles. The highest BCUT2D eigenvalue weighted by molar-refractivity contribution is 5.92. The van der Waals surface area contributed by atoms with Crippen molar-refractivity contribution in [1.82, 2.24) is 14.9 Å². The molecule has 2 aromatic carbocycles. The first-order valence-electron chi connectivity index (χ1n) is 11.7. The van der Waals surface area contributed by atoms with Crippen molar-refractivity contribution in [3.63, 3.8) is 0 Å². The van der Waals surface area contributed by atoms with Crippen LogP contribution in [0.1, 0.15) is 64.3 Å². The van der Waals surface area contributed by atoms with Gasteiger partial charge in [-0.3, -0.25) is 4.79 Å². The van der Waals surface area contributed by atoms with Crippen molar-refractivity contribution in [2.45, 2.75) is 38.1 Å². The Bertz CT molecular complexity index is 1270. The van der Waals surface area contributed by atoms with Crippen LogP contribution in [0.4, 0.5) is 4.39 Å². The van der Waals surface area contributed by atoms with Crippen molar-refractivity contribution in [2.75, 3.05) is 6.54 Å². The second kappa shape index (κ2) is 10.00. The predicted molar refractivity (Wildman–Crippen MR) is 127 cm³/mol. The van der Waals surface area contributed by atoms with Crippen LogP contribution in [0.3, 0.4) is 0 Å². The molecule has 4 aromatic rings. The van der Waals surface area contributed by atoms with E-state index in [1.165, 1.54) is 6.07 Å². The molecular weight excluding hydrogens is 429 g/mol. The fraction of sp³-hybridized carbons (Fsp3) is 0.250. The van der Waals surface area contributed by atoms with Gasteiger partial charge in [0, 0.05) is 25.1 Å². The molecule has 5 nitrogen and oxygen atoms in total. The van der Waals surface area contributed by atoms with Crippen molar-refractivity contribution < 1.29 is 13.6 Å². The zero-order valence-electron chi connectivity index (χ0n) is 18.9. The van der Waals surface area contributed by atoms with Crippen LogP contribution in [-0.2, 0) is 12.8 Å². The van der Waals surface area contributed by atoms with Gasteiger partial charge in [0.1, 0.15) is 23.3 Å². The lowest BCUT2D eigenvalue weighted by molar-refractivity contribution is 0.0563. The average molecular weight is 456 g/mol. The SMILES string of the molecule is O=C(c1cccc(Cc2ccccc2F)n1)N1CCCC[C@@H]1c1ncc(Cc2ccccc2)o1. The number of benzene rings is 2. The Labute approximate surface area is 198 Å². The summed E-state index contributed by atoms with van der Waals surface area (Å²) in [4.78, 5) is 24.4. The smallest absolute Gasteiger partial charge is 0.273 e. The average Bonchev–Trinajstić information content (AvgIpc) is 3.34. The van der Waals surface area contributed by atoms with E-state index in [4.69, 9.17) is 4.42 Å². The molecule has 0 radical (unpaired) electrons. The second-order valence-corrected chi connectivity index (χ2v) is 8.62. The van der Waals surface area contributed by atoms with Crippen molar-refractivity contribution in [3.8, 4) is 0 Å². The minimum Gasteiger partial charge on any atom is -0.443 e. The molecule has 34 heavy (non-hydrogen) atoms. The number of hydrogen-bond donors (Lipinski definition) is 0. The number of nitrogens with zero attached hydrogens (tertiary/aromatic N) is 3. The maximum atomic E-state index is 14.1. The molecule has 0 bridgehead atoms. The number of oxazole rings is 1. The van der Waals surface area contributed by atoms with E-state index in [-0.39, 0.29) is 17.8 Å². The van der Waals surface area contributed by atoms with Crippen molar-refractivity contribution in [3.05, 3.63) is 119 Å².